The fraction of sp³-hybridized carbons (Fsp3) is 0.385. The summed E-state index contributed by atoms with van der Waals surface area (Å²) in [5, 5.41) is 0. The second-order valence-electron chi connectivity index (χ2n) is 4.39. The summed E-state index contributed by atoms with van der Waals surface area (Å²) in [5.41, 5.74) is 6.87. The highest BCUT2D eigenvalue weighted by Crippen LogP contribution is 2.16. The van der Waals surface area contributed by atoms with Gasteiger partial charge in [0, 0.05) is 12.7 Å². The number of unbranched alkanes of at least 4 members (excludes halogenated alkanes) is 1. The van der Waals surface area contributed by atoms with E-state index >= 15 is 0 Å². The number of nitrogens with zero attached hydrogens (tertiary/aromatic N) is 2. The number of carbonyl (C=O) groups is 1. The second kappa shape index (κ2) is 5.17. The third kappa shape index (κ3) is 2.33. The molecule has 0 spiro atoms. The first-order valence-electron chi connectivity index (χ1n) is 6.20. The first-order chi connectivity index (χ1) is 9.06. The summed E-state index contributed by atoms with van der Waals surface area (Å²) < 4.78 is 7.49. The molecule has 6 nitrogen and oxygen atoms in total. The Morgan fingerprint density at radius 2 is 2.11 bits per heavy atom. The molecular formula is C13H17N3O3. The SMILES string of the molecule is CCCCOC(=O)n1c(=O)n(C)c2ccc(N)cc21. The van der Waals surface area contributed by atoms with Gasteiger partial charge in [0.25, 0.3) is 0 Å². The molecule has 0 amide bonds. The molecule has 1 aromatic carbocycles. The van der Waals surface area contributed by atoms with Gasteiger partial charge < -0.3 is 10.5 Å². The minimum atomic E-state index is -0.658. The number of nitrogen functional groups attached to an aromatic ring is 1. The minimum Gasteiger partial charge on any atom is -0.449 e. The second-order valence-corrected chi connectivity index (χ2v) is 4.39. The fourth-order valence-corrected chi connectivity index (χ4v) is 1.90. The Balaban J connectivity index is 2.47. The van der Waals surface area contributed by atoms with E-state index in [0.29, 0.717) is 23.3 Å². The number of fused-ring (bicyclic) bond motifs is 1. The van der Waals surface area contributed by atoms with Gasteiger partial charge in [0.15, 0.2) is 0 Å². The maximum absolute atomic E-state index is 12.1. The van der Waals surface area contributed by atoms with Crippen molar-refractivity contribution in [1.82, 2.24) is 9.13 Å². The van der Waals surface area contributed by atoms with E-state index < -0.39 is 11.8 Å². The summed E-state index contributed by atoms with van der Waals surface area (Å²) >= 11 is 0. The Labute approximate surface area is 110 Å². The number of aryl methyl sites for hydroxylation is 1. The molecule has 0 aliphatic heterocycles. The van der Waals surface area contributed by atoms with E-state index in [-0.39, 0.29) is 0 Å². The first-order valence-corrected chi connectivity index (χ1v) is 6.20. The van der Waals surface area contributed by atoms with Crippen molar-refractivity contribution in [3.63, 3.8) is 0 Å². The molecule has 0 radical (unpaired) electrons. The van der Waals surface area contributed by atoms with Crippen LogP contribution in [0.25, 0.3) is 11.0 Å². The zero-order valence-corrected chi connectivity index (χ0v) is 11.0. The lowest BCUT2D eigenvalue weighted by Crippen LogP contribution is -2.29. The number of ether oxygens (including phenoxy) is 1. The van der Waals surface area contributed by atoms with Crippen LogP contribution in [0.15, 0.2) is 23.0 Å². The molecule has 0 aliphatic rings. The van der Waals surface area contributed by atoms with Gasteiger partial charge >= 0.3 is 11.8 Å². The lowest BCUT2D eigenvalue weighted by atomic mass is 10.3. The Kier molecular flexibility index (Phi) is 3.59. The fourth-order valence-electron chi connectivity index (χ4n) is 1.90. The van der Waals surface area contributed by atoms with Crippen LogP contribution >= 0.6 is 0 Å². The Hall–Kier alpha value is -2.24. The van der Waals surface area contributed by atoms with E-state index in [1.807, 2.05) is 6.92 Å². The molecular weight excluding hydrogens is 246 g/mol. The number of nitrogens with two attached hydrogens (primary N) is 1. The first kappa shape index (κ1) is 13.2. The summed E-state index contributed by atoms with van der Waals surface area (Å²) in [6.07, 6.45) is 1.03. The summed E-state index contributed by atoms with van der Waals surface area (Å²) in [6.45, 7) is 2.30. The van der Waals surface area contributed by atoms with Crippen LogP contribution in [0, 0.1) is 0 Å². The number of aromatic nitrogens is 2. The molecule has 102 valence electrons. The summed E-state index contributed by atoms with van der Waals surface area (Å²) in [5.74, 6) is 0. The lowest BCUT2D eigenvalue weighted by molar-refractivity contribution is 0.146. The third-order valence-electron chi connectivity index (χ3n) is 2.99. The van der Waals surface area contributed by atoms with Crippen LogP contribution in [0.3, 0.4) is 0 Å². The Bertz CT molecular complexity index is 670. The standard InChI is InChI=1S/C13H17N3O3/c1-3-4-7-19-13(18)16-11-8-9(14)5-6-10(11)15(2)12(16)17/h5-6,8H,3-4,7,14H2,1-2H3. The predicted octanol–water partition coefficient (Wildman–Crippen LogP) is 1.71. The predicted molar refractivity (Wildman–Crippen MR) is 73.2 cm³/mol. The largest absolute Gasteiger partial charge is 0.449 e. The quantitative estimate of drug-likeness (QED) is 0.675. The van der Waals surface area contributed by atoms with Gasteiger partial charge in [-0.25, -0.2) is 9.59 Å². The van der Waals surface area contributed by atoms with Crippen molar-refractivity contribution in [3.05, 3.63) is 28.7 Å². The van der Waals surface area contributed by atoms with Gasteiger partial charge in [-0.3, -0.25) is 4.57 Å². The average Bonchev–Trinajstić information content (AvgIpc) is 2.62. The van der Waals surface area contributed by atoms with Crippen molar-refractivity contribution < 1.29 is 9.53 Å². The van der Waals surface area contributed by atoms with Crippen LogP contribution in [-0.4, -0.2) is 21.8 Å². The van der Waals surface area contributed by atoms with Gasteiger partial charge in [-0.1, -0.05) is 13.3 Å². The lowest BCUT2D eigenvalue weighted by Gasteiger charge is -2.04. The van der Waals surface area contributed by atoms with E-state index in [1.54, 1.807) is 25.2 Å². The van der Waals surface area contributed by atoms with Gasteiger partial charge in [0.05, 0.1) is 17.6 Å². The number of rotatable bonds is 3. The molecule has 0 saturated carbocycles. The maximum atomic E-state index is 12.1. The minimum absolute atomic E-state index is 0.306. The maximum Gasteiger partial charge on any atom is 0.422 e. The molecule has 0 atom stereocenters. The Morgan fingerprint density at radius 1 is 1.37 bits per heavy atom. The van der Waals surface area contributed by atoms with Crippen LogP contribution in [0.4, 0.5) is 10.5 Å². The third-order valence-corrected chi connectivity index (χ3v) is 2.99. The molecule has 0 saturated heterocycles. The summed E-state index contributed by atoms with van der Waals surface area (Å²) in [7, 11) is 1.61. The van der Waals surface area contributed by atoms with Crippen molar-refractivity contribution in [2.75, 3.05) is 12.3 Å². The Morgan fingerprint density at radius 3 is 2.79 bits per heavy atom. The number of hydrogen-bond donors (Lipinski definition) is 1. The smallest absolute Gasteiger partial charge is 0.422 e. The van der Waals surface area contributed by atoms with Crippen molar-refractivity contribution in [2.45, 2.75) is 19.8 Å². The molecule has 1 heterocycles. The van der Waals surface area contributed by atoms with E-state index in [9.17, 15) is 9.59 Å². The number of anilines is 1. The molecule has 1 aromatic heterocycles. The van der Waals surface area contributed by atoms with Gasteiger partial charge in [-0.05, 0) is 24.6 Å². The van der Waals surface area contributed by atoms with Crippen LogP contribution in [0.1, 0.15) is 19.8 Å². The molecule has 0 unspecified atom stereocenters. The van der Waals surface area contributed by atoms with E-state index in [1.165, 1.54) is 4.57 Å². The topological polar surface area (TPSA) is 79.2 Å². The molecule has 2 N–H and O–H groups in total. The van der Waals surface area contributed by atoms with Gasteiger partial charge in [-0.2, -0.15) is 4.57 Å². The van der Waals surface area contributed by atoms with Crippen LogP contribution in [-0.2, 0) is 11.8 Å². The summed E-state index contributed by atoms with van der Waals surface area (Å²) in [4.78, 5) is 24.0. The van der Waals surface area contributed by atoms with Crippen molar-refractivity contribution in [2.24, 2.45) is 7.05 Å². The average molecular weight is 263 g/mol. The monoisotopic (exact) mass is 263 g/mol. The summed E-state index contributed by atoms with van der Waals surface area (Å²) in [6, 6.07) is 4.99. The molecule has 0 aliphatic carbocycles. The zero-order chi connectivity index (χ0) is 14.0. The van der Waals surface area contributed by atoms with E-state index in [0.717, 1.165) is 17.4 Å². The molecule has 6 heteroatoms. The highest BCUT2D eigenvalue weighted by atomic mass is 16.5. The van der Waals surface area contributed by atoms with Crippen LogP contribution < -0.4 is 11.4 Å². The van der Waals surface area contributed by atoms with Crippen LogP contribution in [0.5, 0.6) is 0 Å². The molecule has 2 rings (SSSR count). The van der Waals surface area contributed by atoms with Crippen molar-refractivity contribution in [1.29, 1.82) is 0 Å². The zero-order valence-electron chi connectivity index (χ0n) is 11.0. The van der Waals surface area contributed by atoms with E-state index in [2.05, 4.69) is 0 Å². The number of imidazole rings is 1. The van der Waals surface area contributed by atoms with Gasteiger partial charge in [0.1, 0.15) is 0 Å². The van der Waals surface area contributed by atoms with Crippen molar-refractivity contribution >= 4 is 22.8 Å². The van der Waals surface area contributed by atoms with Gasteiger partial charge in [0.2, 0.25) is 0 Å². The number of benzene rings is 1. The molecule has 19 heavy (non-hydrogen) atoms. The molecule has 0 bridgehead atoms. The number of carbonyl (C=O) groups excluding carboxylic acids is 1. The van der Waals surface area contributed by atoms with Crippen LogP contribution in [0.2, 0.25) is 0 Å². The normalized spacial score (nSPS) is 10.8. The molecule has 0 fully saturated rings. The highest BCUT2D eigenvalue weighted by Gasteiger charge is 2.17. The van der Waals surface area contributed by atoms with E-state index in [4.69, 9.17) is 10.5 Å². The van der Waals surface area contributed by atoms with Gasteiger partial charge in [-0.15, -0.1) is 0 Å². The van der Waals surface area contributed by atoms with Crippen molar-refractivity contribution in [3.8, 4) is 0 Å². The molecule has 2 aromatic rings. The number of hydrogen-bond acceptors (Lipinski definition) is 4. The highest BCUT2D eigenvalue weighted by molar-refractivity contribution is 5.88.